The Labute approximate surface area is 78.0 Å². The van der Waals surface area contributed by atoms with Gasteiger partial charge in [0.2, 0.25) is 0 Å². The molecule has 0 aromatic heterocycles. The smallest absolute Gasteiger partial charge is 0.433 e. The zero-order valence-corrected chi connectivity index (χ0v) is 8.29. The third-order valence-corrected chi connectivity index (χ3v) is 1.53. The van der Waals surface area contributed by atoms with Gasteiger partial charge in [0.05, 0.1) is 12.8 Å². The molecule has 74 valence electrons. The molecule has 0 aliphatic heterocycles. The summed E-state index contributed by atoms with van der Waals surface area (Å²) in [7, 11) is 1.24. The normalized spacial score (nSPS) is 11.2. The van der Waals surface area contributed by atoms with E-state index in [1.165, 1.54) is 7.11 Å². The predicted molar refractivity (Wildman–Crippen MR) is 50.0 cm³/mol. The maximum Gasteiger partial charge on any atom is 0.433 e. The molecule has 0 saturated heterocycles. The third-order valence-electron chi connectivity index (χ3n) is 1.53. The Morgan fingerprint density at radius 2 is 1.92 bits per heavy atom. The zero-order chi connectivity index (χ0) is 10.3. The number of hydrogen-bond donors (Lipinski definition) is 0. The van der Waals surface area contributed by atoms with Crippen molar-refractivity contribution in [2.24, 2.45) is 4.99 Å². The van der Waals surface area contributed by atoms with E-state index in [0.717, 1.165) is 6.42 Å². The molecule has 13 heavy (non-hydrogen) atoms. The summed E-state index contributed by atoms with van der Waals surface area (Å²) in [5.74, 6) is -0.0905. The van der Waals surface area contributed by atoms with Crippen LogP contribution in [0, 0.1) is 0 Å². The lowest BCUT2D eigenvalue weighted by Crippen LogP contribution is -2.14. The first kappa shape index (κ1) is 11.8. The Balaban J connectivity index is 4.48. The van der Waals surface area contributed by atoms with Crippen LogP contribution in [0.3, 0.4) is 0 Å². The van der Waals surface area contributed by atoms with E-state index in [9.17, 15) is 9.59 Å². The number of ether oxygens (including phenoxy) is 1. The molecule has 0 atom stereocenters. The van der Waals surface area contributed by atoms with Gasteiger partial charge in [0.15, 0.2) is 5.78 Å². The zero-order valence-electron chi connectivity index (χ0n) is 8.29. The number of carbonyl (C=O) groups excluding carboxylic acids is 2. The van der Waals surface area contributed by atoms with E-state index in [4.69, 9.17) is 0 Å². The van der Waals surface area contributed by atoms with Crippen molar-refractivity contribution in [2.45, 2.75) is 33.1 Å². The van der Waals surface area contributed by atoms with Gasteiger partial charge < -0.3 is 4.74 Å². The topological polar surface area (TPSA) is 55.7 Å². The van der Waals surface area contributed by atoms with Crippen molar-refractivity contribution in [3.63, 3.8) is 0 Å². The second-order valence-corrected chi connectivity index (χ2v) is 2.56. The molecule has 0 spiro atoms. The van der Waals surface area contributed by atoms with Crippen molar-refractivity contribution >= 4 is 17.6 Å². The number of carbonyl (C=O) groups is 2. The van der Waals surface area contributed by atoms with Crippen LogP contribution in [0.4, 0.5) is 4.79 Å². The van der Waals surface area contributed by atoms with E-state index in [-0.39, 0.29) is 5.78 Å². The lowest BCUT2D eigenvalue weighted by atomic mass is 10.1. The minimum atomic E-state index is -0.703. The Kier molecular flexibility index (Phi) is 5.76. The standard InChI is InChI=1S/C9H15NO3/c1-4-6-7(8(11)5-2)10-9(12)13-3/h4-6H2,1-3H3. The van der Waals surface area contributed by atoms with Crippen LogP contribution in [-0.2, 0) is 9.53 Å². The first-order valence-electron chi connectivity index (χ1n) is 4.34. The third kappa shape index (κ3) is 4.40. The first-order valence-corrected chi connectivity index (χ1v) is 4.34. The molecule has 0 N–H and O–H groups in total. The van der Waals surface area contributed by atoms with Crippen molar-refractivity contribution in [3.8, 4) is 0 Å². The molecule has 0 fully saturated rings. The number of rotatable bonds is 4. The molecule has 0 bridgehead atoms. The van der Waals surface area contributed by atoms with Crippen molar-refractivity contribution < 1.29 is 14.3 Å². The molecule has 1 amide bonds. The number of amides is 1. The molecule has 0 aliphatic carbocycles. The molecule has 0 aliphatic rings. The van der Waals surface area contributed by atoms with Crippen LogP contribution in [0.1, 0.15) is 33.1 Å². The quantitative estimate of drug-likeness (QED) is 0.629. The lowest BCUT2D eigenvalue weighted by molar-refractivity contribution is -0.112. The number of Topliss-reactive ketones (excluding diaryl/α,β-unsaturated/α-hetero) is 1. The summed E-state index contributed by atoms with van der Waals surface area (Å²) in [6.07, 6.45) is 0.990. The van der Waals surface area contributed by atoms with E-state index < -0.39 is 6.09 Å². The van der Waals surface area contributed by atoms with Gasteiger partial charge in [-0.3, -0.25) is 4.79 Å². The van der Waals surface area contributed by atoms with Crippen molar-refractivity contribution in [3.05, 3.63) is 0 Å². The van der Waals surface area contributed by atoms with Gasteiger partial charge in [-0.1, -0.05) is 20.3 Å². The molecule has 0 rings (SSSR count). The fourth-order valence-corrected chi connectivity index (χ4v) is 0.854. The molecule has 0 aromatic carbocycles. The fraction of sp³-hybridized carbons (Fsp3) is 0.667. The molecule has 4 heteroatoms. The highest BCUT2D eigenvalue weighted by atomic mass is 16.5. The average molecular weight is 185 g/mol. The van der Waals surface area contributed by atoms with Crippen LogP contribution >= 0.6 is 0 Å². The van der Waals surface area contributed by atoms with Crippen molar-refractivity contribution in [1.29, 1.82) is 0 Å². The van der Waals surface area contributed by atoms with E-state index in [1.54, 1.807) is 6.92 Å². The predicted octanol–water partition coefficient (Wildman–Crippen LogP) is 1.97. The Hall–Kier alpha value is -1.19. The van der Waals surface area contributed by atoms with Crippen LogP contribution in [0.5, 0.6) is 0 Å². The Morgan fingerprint density at radius 1 is 1.31 bits per heavy atom. The summed E-state index contributed by atoms with van der Waals surface area (Å²) in [6.45, 7) is 3.67. The molecular weight excluding hydrogens is 170 g/mol. The molecule has 0 radical (unpaired) electrons. The maximum absolute atomic E-state index is 11.2. The van der Waals surface area contributed by atoms with Crippen LogP contribution in [-0.4, -0.2) is 24.7 Å². The Bertz CT molecular complexity index is 221. The van der Waals surface area contributed by atoms with Crippen LogP contribution in [0.25, 0.3) is 0 Å². The van der Waals surface area contributed by atoms with Crippen LogP contribution < -0.4 is 0 Å². The summed E-state index contributed by atoms with van der Waals surface area (Å²) in [5.41, 5.74) is 0.317. The number of nitrogens with zero attached hydrogens (tertiary/aromatic N) is 1. The van der Waals surface area contributed by atoms with Crippen LogP contribution in [0.2, 0.25) is 0 Å². The van der Waals surface area contributed by atoms with E-state index in [1.807, 2.05) is 6.92 Å². The summed E-state index contributed by atoms with van der Waals surface area (Å²) in [6, 6.07) is 0. The summed E-state index contributed by atoms with van der Waals surface area (Å²) in [5, 5.41) is 0. The van der Waals surface area contributed by atoms with Gasteiger partial charge in [0, 0.05) is 6.42 Å². The molecule has 0 unspecified atom stereocenters. The summed E-state index contributed by atoms with van der Waals surface area (Å²) < 4.78 is 4.34. The maximum atomic E-state index is 11.2. The molecule has 0 saturated carbocycles. The fourth-order valence-electron chi connectivity index (χ4n) is 0.854. The average Bonchev–Trinajstić information content (AvgIpc) is 2.15. The van der Waals surface area contributed by atoms with Crippen LogP contribution in [0.15, 0.2) is 4.99 Å². The van der Waals surface area contributed by atoms with Crippen molar-refractivity contribution in [1.82, 2.24) is 0 Å². The highest BCUT2D eigenvalue weighted by Crippen LogP contribution is 1.98. The molecule has 0 heterocycles. The van der Waals surface area contributed by atoms with Gasteiger partial charge in [-0.25, -0.2) is 4.79 Å². The van der Waals surface area contributed by atoms with E-state index in [2.05, 4.69) is 9.73 Å². The Morgan fingerprint density at radius 3 is 2.31 bits per heavy atom. The minimum absolute atomic E-state index is 0.0905. The van der Waals surface area contributed by atoms with Gasteiger partial charge in [-0.05, 0) is 6.42 Å². The van der Waals surface area contributed by atoms with Gasteiger partial charge in [0.1, 0.15) is 0 Å². The largest absolute Gasteiger partial charge is 0.451 e. The van der Waals surface area contributed by atoms with E-state index >= 15 is 0 Å². The monoisotopic (exact) mass is 185 g/mol. The molecular formula is C9H15NO3. The SMILES string of the molecule is CCCC(=NC(=O)OC)C(=O)CC. The summed E-state index contributed by atoms with van der Waals surface area (Å²) in [4.78, 5) is 25.5. The second-order valence-electron chi connectivity index (χ2n) is 2.56. The minimum Gasteiger partial charge on any atom is -0.451 e. The molecule has 0 aromatic rings. The first-order chi connectivity index (χ1) is 6.15. The number of methoxy groups -OCH3 is 1. The summed E-state index contributed by atoms with van der Waals surface area (Å²) >= 11 is 0. The second kappa shape index (κ2) is 6.34. The van der Waals surface area contributed by atoms with E-state index in [0.29, 0.717) is 18.6 Å². The highest BCUT2D eigenvalue weighted by molar-refractivity contribution is 6.41. The molecule has 4 nitrogen and oxygen atoms in total. The number of aliphatic imine (C=N–C) groups is 1. The van der Waals surface area contributed by atoms with Gasteiger partial charge >= 0.3 is 6.09 Å². The number of hydrogen-bond acceptors (Lipinski definition) is 3. The van der Waals surface area contributed by atoms with Gasteiger partial charge in [-0.2, -0.15) is 4.99 Å². The van der Waals surface area contributed by atoms with Gasteiger partial charge in [-0.15, -0.1) is 0 Å². The highest BCUT2D eigenvalue weighted by Gasteiger charge is 2.10. The van der Waals surface area contributed by atoms with Crippen molar-refractivity contribution in [2.75, 3.05) is 7.11 Å². The lowest BCUT2D eigenvalue weighted by Gasteiger charge is -2.00. The number of ketones is 1. The van der Waals surface area contributed by atoms with Gasteiger partial charge in [0.25, 0.3) is 0 Å².